The van der Waals surface area contributed by atoms with Gasteiger partial charge in [0.1, 0.15) is 15.9 Å². The van der Waals surface area contributed by atoms with Crippen LogP contribution in [0.15, 0.2) is 24.3 Å². The van der Waals surface area contributed by atoms with E-state index in [0.717, 1.165) is 10.6 Å². The van der Waals surface area contributed by atoms with Crippen molar-refractivity contribution in [1.82, 2.24) is 0 Å². The molecule has 0 saturated carbocycles. The maximum Gasteiger partial charge on any atom is 0.327 e. The first-order valence-electron chi connectivity index (χ1n) is 6.12. The van der Waals surface area contributed by atoms with E-state index in [0.29, 0.717) is 11.3 Å². The average Bonchev–Trinajstić information content (AvgIpc) is 2.76. The summed E-state index contributed by atoms with van der Waals surface area (Å²) in [6.45, 7) is 0. The van der Waals surface area contributed by atoms with Gasteiger partial charge in [0.05, 0.1) is 17.2 Å². The molecule has 1 aromatic rings. The van der Waals surface area contributed by atoms with Crippen LogP contribution in [0.25, 0.3) is 0 Å². The Morgan fingerprint density at radius 3 is 2.43 bits per heavy atom. The molecule has 1 aliphatic heterocycles. The standard InChI is InChI=1S/C12H15NO6S2/c1-20(16,17)6-7-21(18,19)13-10-5-3-2-4-9(10)8-11(13)12(14)15/h2-5,11H,6-8H2,1H3,(H,14,15). The molecule has 0 aromatic heterocycles. The summed E-state index contributed by atoms with van der Waals surface area (Å²) in [5.74, 6) is -2.43. The molecule has 1 aliphatic rings. The first kappa shape index (κ1) is 15.8. The van der Waals surface area contributed by atoms with Gasteiger partial charge in [-0.3, -0.25) is 4.31 Å². The Morgan fingerprint density at radius 2 is 1.86 bits per heavy atom. The molecule has 0 radical (unpaired) electrons. The van der Waals surface area contributed by atoms with E-state index in [2.05, 4.69) is 0 Å². The first-order valence-corrected chi connectivity index (χ1v) is 9.79. The number of carboxylic acid groups (broad SMARTS) is 1. The number of fused-ring (bicyclic) bond motifs is 1. The lowest BCUT2D eigenvalue weighted by atomic mass is 10.1. The summed E-state index contributed by atoms with van der Waals surface area (Å²) in [6.07, 6.45) is 1.01. The van der Waals surface area contributed by atoms with Gasteiger partial charge in [0, 0.05) is 12.7 Å². The lowest BCUT2D eigenvalue weighted by molar-refractivity contribution is -0.138. The maximum absolute atomic E-state index is 12.4. The van der Waals surface area contributed by atoms with Gasteiger partial charge in [0.25, 0.3) is 0 Å². The number of hydrogen-bond donors (Lipinski definition) is 1. The second kappa shape index (κ2) is 5.30. The van der Waals surface area contributed by atoms with E-state index >= 15 is 0 Å². The third-order valence-corrected chi connectivity index (χ3v) is 6.20. The Hall–Kier alpha value is -1.61. The van der Waals surface area contributed by atoms with E-state index in [9.17, 15) is 26.7 Å². The Balaban J connectivity index is 2.41. The smallest absolute Gasteiger partial charge is 0.327 e. The van der Waals surface area contributed by atoms with E-state index in [1.54, 1.807) is 18.2 Å². The Bertz CT molecular complexity index is 769. The number of nitrogens with zero attached hydrogens (tertiary/aromatic N) is 1. The van der Waals surface area contributed by atoms with Gasteiger partial charge in [-0.2, -0.15) is 0 Å². The zero-order valence-electron chi connectivity index (χ0n) is 11.3. The van der Waals surface area contributed by atoms with Gasteiger partial charge in [-0.1, -0.05) is 18.2 Å². The summed E-state index contributed by atoms with van der Waals surface area (Å²) in [5.41, 5.74) is 0.922. The third-order valence-electron chi connectivity index (χ3n) is 3.22. The predicted octanol–water partition coefficient (Wildman–Crippen LogP) is -0.123. The molecule has 0 saturated heterocycles. The molecule has 7 nitrogen and oxygen atoms in total. The number of carboxylic acids is 1. The molecule has 1 heterocycles. The van der Waals surface area contributed by atoms with Crippen LogP contribution >= 0.6 is 0 Å². The number of aliphatic carboxylic acids is 1. The summed E-state index contributed by atoms with van der Waals surface area (Å²) in [4.78, 5) is 11.3. The highest BCUT2D eigenvalue weighted by molar-refractivity contribution is 7.95. The van der Waals surface area contributed by atoms with Crippen LogP contribution in [0.5, 0.6) is 0 Å². The van der Waals surface area contributed by atoms with Crippen molar-refractivity contribution in [3.05, 3.63) is 29.8 Å². The van der Waals surface area contributed by atoms with Gasteiger partial charge in [-0.05, 0) is 11.6 Å². The molecule has 0 amide bonds. The van der Waals surface area contributed by atoms with Crippen LogP contribution < -0.4 is 4.31 Å². The molecule has 1 aromatic carbocycles. The van der Waals surface area contributed by atoms with Crippen molar-refractivity contribution in [2.45, 2.75) is 12.5 Å². The van der Waals surface area contributed by atoms with Crippen LogP contribution in [0.1, 0.15) is 5.56 Å². The topological polar surface area (TPSA) is 109 Å². The Labute approximate surface area is 123 Å². The van der Waals surface area contributed by atoms with E-state index in [4.69, 9.17) is 0 Å². The second-order valence-electron chi connectivity index (χ2n) is 4.93. The molecule has 2 rings (SSSR count). The number of para-hydroxylation sites is 1. The van der Waals surface area contributed by atoms with Gasteiger partial charge in [-0.25, -0.2) is 21.6 Å². The summed E-state index contributed by atoms with van der Waals surface area (Å²) < 4.78 is 47.8. The minimum Gasteiger partial charge on any atom is -0.480 e. The average molecular weight is 333 g/mol. The maximum atomic E-state index is 12.4. The monoisotopic (exact) mass is 333 g/mol. The highest BCUT2D eigenvalue weighted by atomic mass is 32.2. The molecule has 0 fully saturated rings. The van der Waals surface area contributed by atoms with Crippen LogP contribution in [-0.2, 0) is 31.1 Å². The fraction of sp³-hybridized carbons (Fsp3) is 0.417. The van der Waals surface area contributed by atoms with E-state index in [1.807, 2.05) is 0 Å². The largest absolute Gasteiger partial charge is 0.480 e. The van der Waals surface area contributed by atoms with Crippen molar-refractivity contribution >= 4 is 31.5 Å². The molecule has 0 bridgehead atoms. The van der Waals surface area contributed by atoms with Gasteiger partial charge in [0.15, 0.2) is 0 Å². The van der Waals surface area contributed by atoms with Crippen molar-refractivity contribution < 1.29 is 26.7 Å². The Morgan fingerprint density at radius 1 is 1.24 bits per heavy atom. The zero-order chi connectivity index (χ0) is 15.8. The van der Waals surface area contributed by atoms with Crippen molar-refractivity contribution in [2.75, 3.05) is 22.1 Å². The van der Waals surface area contributed by atoms with Crippen molar-refractivity contribution in [1.29, 1.82) is 0 Å². The van der Waals surface area contributed by atoms with Crippen molar-refractivity contribution in [3.63, 3.8) is 0 Å². The number of sulfonamides is 1. The van der Waals surface area contributed by atoms with Crippen LogP contribution in [-0.4, -0.2) is 51.7 Å². The summed E-state index contributed by atoms with van der Waals surface area (Å²) >= 11 is 0. The lowest BCUT2D eigenvalue weighted by Crippen LogP contribution is -2.44. The molecular formula is C12H15NO6S2. The predicted molar refractivity (Wildman–Crippen MR) is 77.5 cm³/mol. The quantitative estimate of drug-likeness (QED) is 0.804. The lowest BCUT2D eigenvalue weighted by Gasteiger charge is -2.24. The molecule has 9 heteroatoms. The second-order valence-corrected chi connectivity index (χ2v) is 9.15. The molecule has 0 spiro atoms. The molecule has 0 aliphatic carbocycles. The summed E-state index contributed by atoms with van der Waals surface area (Å²) in [6, 6.07) is 5.27. The van der Waals surface area contributed by atoms with Gasteiger partial charge >= 0.3 is 5.97 Å². The first-order chi connectivity index (χ1) is 9.62. The van der Waals surface area contributed by atoms with Gasteiger partial charge in [0.2, 0.25) is 10.0 Å². The molecule has 1 N–H and O–H groups in total. The Kier molecular flexibility index (Phi) is 3.98. The summed E-state index contributed by atoms with van der Waals surface area (Å²) in [7, 11) is -7.48. The number of hydrogen-bond acceptors (Lipinski definition) is 5. The normalized spacial score (nSPS) is 18.5. The van der Waals surface area contributed by atoms with Crippen LogP contribution in [0, 0.1) is 0 Å². The van der Waals surface area contributed by atoms with Crippen LogP contribution in [0.3, 0.4) is 0 Å². The van der Waals surface area contributed by atoms with Gasteiger partial charge < -0.3 is 5.11 Å². The molecule has 116 valence electrons. The van der Waals surface area contributed by atoms with Crippen LogP contribution in [0.2, 0.25) is 0 Å². The third kappa shape index (κ3) is 3.35. The SMILES string of the molecule is CS(=O)(=O)CCS(=O)(=O)N1c2ccccc2CC1C(=O)O. The van der Waals surface area contributed by atoms with E-state index in [-0.39, 0.29) is 6.42 Å². The van der Waals surface area contributed by atoms with Gasteiger partial charge in [-0.15, -0.1) is 0 Å². The molecule has 1 atom stereocenters. The van der Waals surface area contributed by atoms with Crippen molar-refractivity contribution in [3.8, 4) is 0 Å². The highest BCUT2D eigenvalue weighted by Gasteiger charge is 2.41. The number of anilines is 1. The number of rotatable bonds is 5. The molecule has 1 unspecified atom stereocenters. The number of sulfone groups is 1. The fourth-order valence-corrected chi connectivity index (χ4v) is 5.52. The number of benzene rings is 1. The number of carbonyl (C=O) groups is 1. The zero-order valence-corrected chi connectivity index (χ0v) is 12.9. The molecule has 21 heavy (non-hydrogen) atoms. The van der Waals surface area contributed by atoms with Crippen LogP contribution in [0.4, 0.5) is 5.69 Å². The van der Waals surface area contributed by atoms with Crippen molar-refractivity contribution in [2.24, 2.45) is 0 Å². The van der Waals surface area contributed by atoms with E-state index < -0.39 is 43.4 Å². The highest BCUT2D eigenvalue weighted by Crippen LogP contribution is 2.34. The summed E-state index contributed by atoms with van der Waals surface area (Å²) in [5, 5.41) is 9.22. The van der Waals surface area contributed by atoms with E-state index in [1.165, 1.54) is 6.07 Å². The minimum atomic E-state index is -4.03. The fourth-order valence-electron chi connectivity index (χ4n) is 2.24. The molecular weight excluding hydrogens is 318 g/mol. The minimum absolute atomic E-state index is 0.0730.